The first-order valence-electron chi connectivity index (χ1n) is 14.9. The number of carbonyl (C=O) groups is 7. The molecule has 0 saturated heterocycles. The topological polar surface area (TPSA) is 340 Å². The number of carbonyl (C=O) groups excluding carboxylic acids is 3. The molecule has 3 amide bonds. The fourth-order valence-corrected chi connectivity index (χ4v) is 5.41. The number of aromatic amines is 2. The monoisotopic (exact) mass is 721 g/mol. The zero-order valence-corrected chi connectivity index (χ0v) is 27.2. The Hall–Kier alpha value is -6.06. The van der Waals surface area contributed by atoms with Crippen molar-refractivity contribution in [2.24, 2.45) is 0 Å². The van der Waals surface area contributed by atoms with Crippen LogP contribution >= 0.6 is 11.3 Å². The Morgan fingerprint density at radius 2 is 1.42 bits per heavy atom. The van der Waals surface area contributed by atoms with Crippen LogP contribution in [0.2, 0.25) is 0 Å². The summed E-state index contributed by atoms with van der Waals surface area (Å²) in [5.41, 5.74) is 6.22. The minimum atomic E-state index is -1.59. The van der Waals surface area contributed by atoms with Gasteiger partial charge in [0.25, 0.3) is 11.5 Å². The number of hydrogen-bond acceptors (Lipinski definition) is 13. The number of nitrogens with two attached hydrogens (primary N) is 1. The molecule has 3 aromatic heterocycles. The first-order chi connectivity index (χ1) is 23.5. The van der Waals surface area contributed by atoms with Crippen molar-refractivity contribution in [3.05, 3.63) is 33.3 Å². The van der Waals surface area contributed by atoms with Crippen LogP contribution in [0.3, 0.4) is 0 Å². The molecule has 0 unspecified atom stereocenters. The van der Waals surface area contributed by atoms with Crippen molar-refractivity contribution in [2.75, 3.05) is 24.2 Å². The fourth-order valence-electron chi connectivity index (χ4n) is 4.61. The van der Waals surface area contributed by atoms with Crippen molar-refractivity contribution >= 4 is 74.9 Å². The third-order valence-corrected chi connectivity index (χ3v) is 8.37. The molecular weight excluding hydrogens is 686 g/mol. The van der Waals surface area contributed by atoms with E-state index in [-0.39, 0.29) is 16.5 Å². The van der Waals surface area contributed by atoms with Gasteiger partial charge < -0.3 is 52.0 Å². The van der Waals surface area contributed by atoms with Gasteiger partial charge in [0.1, 0.15) is 28.8 Å². The number of aliphatic carboxylic acids is 4. The number of likely N-dealkylation sites (N-methyl/N-ethyl adjacent to an activating group) is 1. The lowest BCUT2D eigenvalue weighted by Crippen LogP contribution is -2.45. The predicted molar refractivity (Wildman–Crippen MR) is 174 cm³/mol. The number of aromatic nitrogens is 4. The second-order valence-electron chi connectivity index (χ2n) is 11.0. The van der Waals surface area contributed by atoms with Crippen LogP contribution in [0.15, 0.2) is 17.2 Å². The van der Waals surface area contributed by atoms with Crippen LogP contribution in [0.5, 0.6) is 0 Å². The van der Waals surface area contributed by atoms with Crippen LogP contribution < -0.4 is 32.1 Å². The summed E-state index contributed by atoms with van der Waals surface area (Å²) in [6, 6.07) is -4.65. The van der Waals surface area contributed by atoms with Crippen molar-refractivity contribution in [1.29, 1.82) is 0 Å². The first kappa shape index (κ1) is 38.4. The number of carboxylic acid groups (broad SMARTS) is 4. The highest BCUT2D eigenvalue weighted by Crippen LogP contribution is 2.23. The van der Waals surface area contributed by atoms with Gasteiger partial charge in [-0.1, -0.05) is 11.3 Å². The van der Waals surface area contributed by atoms with Crippen LogP contribution in [0.1, 0.15) is 53.9 Å². The molecule has 11 N–H and O–H groups in total. The Labute approximate surface area is 285 Å². The molecular formula is C28H35N9O12S. The summed E-state index contributed by atoms with van der Waals surface area (Å²) in [4.78, 5) is 110. The highest BCUT2D eigenvalue weighted by molar-refractivity contribution is 7.17. The second kappa shape index (κ2) is 17.4. The van der Waals surface area contributed by atoms with Gasteiger partial charge in [0.2, 0.25) is 17.8 Å². The molecule has 0 radical (unpaired) electrons. The predicted octanol–water partition coefficient (Wildman–Crippen LogP) is -1.28. The summed E-state index contributed by atoms with van der Waals surface area (Å²) in [6.07, 6.45) is 0.627. The maximum absolute atomic E-state index is 12.8. The fraction of sp³-hybridized carbons (Fsp3) is 0.429. The summed E-state index contributed by atoms with van der Waals surface area (Å²) < 4.78 is 0. The van der Waals surface area contributed by atoms with Crippen LogP contribution in [-0.2, 0) is 35.2 Å². The highest BCUT2D eigenvalue weighted by atomic mass is 32.1. The molecule has 0 aliphatic heterocycles. The van der Waals surface area contributed by atoms with E-state index >= 15 is 0 Å². The van der Waals surface area contributed by atoms with Crippen molar-refractivity contribution < 1.29 is 54.0 Å². The van der Waals surface area contributed by atoms with E-state index < -0.39 is 98.2 Å². The maximum Gasteiger partial charge on any atom is 0.326 e. The second-order valence-corrected chi connectivity index (χ2v) is 12.0. The standard InChI is InChI=1S/C28H35N9O12S/c1-37(9-8-12-10-30-21-20(12)22(42)36-28(29)35-21)18-11-31-24(50-18)23(43)34-15(27(48)49)3-6-17(39)32-13(25(44)45)2-5-16(38)33-14(26(46)47)4-7-19(40)41/h10-11,13-15H,2-9H2,1H3,(H,32,39)(H,33,38)(H,34,43)(H,40,41)(H,44,45)(H,46,47)(H,48,49)(H4,29,30,35,36,42)/t13-,14-,15-/m0/s1. The molecule has 270 valence electrons. The number of hydrogen-bond donors (Lipinski definition) is 10. The zero-order chi connectivity index (χ0) is 37.1. The molecule has 3 heterocycles. The Morgan fingerprint density at radius 3 is 1.96 bits per heavy atom. The SMILES string of the molecule is CN(CCc1c[nH]c2nc(N)[nH]c(=O)c12)c1cnc(C(=O)N[C@@H](CCC(=O)N[C@@H](CCC(=O)N[C@@H](CCC(=O)O)C(=O)O)C(=O)O)C(=O)O)s1. The number of fused-ring (bicyclic) bond motifs is 1. The number of thiazole rings is 1. The van der Waals surface area contributed by atoms with Crippen LogP contribution in [-0.4, -0.2) is 114 Å². The summed E-state index contributed by atoms with van der Waals surface area (Å²) in [7, 11) is 1.73. The molecule has 21 nitrogen and oxygen atoms in total. The Balaban J connectivity index is 1.50. The molecule has 0 spiro atoms. The smallest absolute Gasteiger partial charge is 0.326 e. The molecule has 50 heavy (non-hydrogen) atoms. The summed E-state index contributed by atoms with van der Waals surface area (Å²) in [6.45, 7) is 0.407. The van der Waals surface area contributed by atoms with Gasteiger partial charge in [0.15, 0.2) is 5.01 Å². The molecule has 0 bridgehead atoms. The molecule has 3 atom stereocenters. The number of carboxylic acids is 4. The molecule has 3 rings (SSSR count). The van der Waals surface area contributed by atoms with Crippen LogP contribution in [0.4, 0.5) is 10.9 Å². The summed E-state index contributed by atoms with van der Waals surface area (Å²) in [5.74, 6) is -8.36. The van der Waals surface area contributed by atoms with E-state index in [1.165, 1.54) is 6.20 Å². The van der Waals surface area contributed by atoms with Gasteiger partial charge in [0, 0.05) is 39.1 Å². The van der Waals surface area contributed by atoms with Crippen molar-refractivity contribution in [1.82, 2.24) is 35.9 Å². The van der Waals surface area contributed by atoms with Gasteiger partial charge in [-0.05, 0) is 31.2 Å². The molecule has 0 saturated carbocycles. The Morgan fingerprint density at radius 1 is 0.880 bits per heavy atom. The number of H-pyrrole nitrogens is 2. The van der Waals surface area contributed by atoms with Gasteiger partial charge in [-0.2, -0.15) is 4.98 Å². The lowest BCUT2D eigenvalue weighted by Gasteiger charge is -2.17. The van der Waals surface area contributed by atoms with Crippen molar-refractivity contribution in [2.45, 2.75) is 63.1 Å². The number of nitrogens with zero attached hydrogens (tertiary/aromatic N) is 3. The largest absolute Gasteiger partial charge is 0.481 e. The first-order valence-corrected chi connectivity index (χ1v) is 15.7. The molecule has 0 aliphatic carbocycles. The number of amides is 3. The lowest BCUT2D eigenvalue weighted by atomic mass is 10.1. The summed E-state index contributed by atoms with van der Waals surface area (Å²) in [5, 5.41) is 44.3. The van der Waals surface area contributed by atoms with Gasteiger partial charge in [-0.25, -0.2) is 19.4 Å². The van der Waals surface area contributed by atoms with Gasteiger partial charge >= 0.3 is 23.9 Å². The van der Waals surface area contributed by atoms with Crippen LogP contribution in [0, 0.1) is 0 Å². The molecule has 0 fully saturated rings. The Bertz CT molecular complexity index is 1820. The normalized spacial score (nSPS) is 12.7. The minimum absolute atomic E-state index is 0.0220. The van der Waals surface area contributed by atoms with Crippen LogP contribution in [0.25, 0.3) is 11.0 Å². The number of anilines is 2. The van der Waals surface area contributed by atoms with E-state index in [4.69, 9.17) is 15.9 Å². The van der Waals surface area contributed by atoms with E-state index in [0.717, 1.165) is 11.3 Å². The zero-order valence-electron chi connectivity index (χ0n) is 26.4. The molecule has 0 aliphatic rings. The molecule has 3 aromatic rings. The third-order valence-electron chi connectivity index (χ3n) is 7.26. The van der Waals surface area contributed by atoms with E-state index in [1.807, 2.05) is 0 Å². The van der Waals surface area contributed by atoms with Gasteiger partial charge in [-0.3, -0.25) is 29.0 Å². The van der Waals surface area contributed by atoms with Gasteiger partial charge in [-0.15, -0.1) is 0 Å². The number of nitrogens with one attached hydrogen (secondary N) is 5. The maximum atomic E-state index is 12.8. The number of rotatable bonds is 20. The van der Waals surface area contributed by atoms with Gasteiger partial charge in [0.05, 0.1) is 11.6 Å². The molecule has 22 heteroatoms. The van der Waals surface area contributed by atoms with E-state index in [1.54, 1.807) is 18.1 Å². The van der Waals surface area contributed by atoms with E-state index in [2.05, 4.69) is 35.9 Å². The average Bonchev–Trinajstić information content (AvgIpc) is 3.69. The minimum Gasteiger partial charge on any atom is -0.481 e. The number of nitrogen functional groups attached to an aromatic ring is 1. The lowest BCUT2D eigenvalue weighted by molar-refractivity contribution is -0.144. The van der Waals surface area contributed by atoms with E-state index in [0.29, 0.717) is 34.6 Å². The third kappa shape index (κ3) is 11.0. The Kier molecular flexibility index (Phi) is 13.3. The molecule has 0 aromatic carbocycles. The average molecular weight is 722 g/mol. The summed E-state index contributed by atoms with van der Waals surface area (Å²) >= 11 is 0.971. The van der Waals surface area contributed by atoms with E-state index in [9.17, 15) is 48.6 Å². The quantitative estimate of drug-likeness (QED) is 0.0649. The van der Waals surface area contributed by atoms with Crippen molar-refractivity contribution in [3.8, 4) is 0 Å². The van der Waals surface area contributed by atoms with Crippen molar-refractivity contribution in [3.63, 3.8) is 0 Å². The highest BCUT2D eigenvalue weighted by Gasteiger charge is 2.27.